The van der Waals surface area contributed by atoms with E-state index in [1.165, 1.54) is 19.1 Å². The average molecular weight is 585 g/mol. The summed E-state index contributed by atoms with van der Waals surface area (Å²) in [5.41, 5.74) is 9.03. The van der Waals surface area contributed by atoms with Crippen molar-refractivity contribution in [3.8, 4) is 11.1 Å². The maximum Gasteiger partial charge on any atom is 0.410 e. The van der Waals surface area contributed by atoms with Crippen molar-refractivity contribution in [1.82, 2.24) is 5.32 Å². The molecule has 0 aromatic heterocycles. The summed E-state index contributed by atoms with van der Waals surface area (Å²) in [6.45, 7) is 4.70. The Morgan fingerprint density at radius 1 is 0.902 bits per heavy atom. The summed E-state index contributed by atoms with van der Waals surface area (Å²) >= 11 is 6.01. The van der Waals surface area contributed by atoms with Crippen LogP contribution in [0.25, 0.3) is 11.1 Å². The molecule has 0 saturated heterocycles. The van der Waals surface area contributed by atoms with E-state index in [0.29, 0.717) is 22.6 Å². The van der Waals surface area contributed by atoms with E-state index in [2.05, 4.69) is 5.32 Å². The number of rotatable bonds is 12. The Labute approximate surface area is 243 Å². The molecule has 0 saturated carbocycles. The molecule has 0 spiro atoms. The summed E-state index contributed by atoms with van der Waals surface area (Å²) in [6, 6.07) is 18.9. The Hall–Kier alpha value is -3.95. The third kappa shape index (κ3) is 10.2. The molecular weight excluding hydrogens is 551 g/mol. The van der Waals surface area contributed by atoms with Crippen molar-refractivity contribution in [2.75, 3.05) is 0 Å². The fraction of sp³-hybridized carbons (Fsp3) is 0.323. The largest absolute Gasteiger partial charge is 0.459 e. The molecule has 0 bridgehead atoms. The van der Waals surface area contributed by atoms with E-state index in [-0.39, 0.29) is 18.8 Å². The van der Waals surface area contributed by atoms with Gasteiger partial charge in [0.15, 0.2) is 0 Å². The lowest BCUT2D eigenvalue weighted by Gasteiger charge is -2.22. The fourth-order valence-electron chi connectivity index (χ4n) is 3.92. The van der Waals surface area contributed by atoms with Crippen LogP contribution in [0.2, 0.25) is 5.02 Å². The zero-order chi connectivity index (χ0) is 29.9. The lowest BCUT2D eigenvalue weighted by molar-refractivity contribution is -0.169. The standard InChI is InChI=1S/C31H34ClFN2O6/c1-19(2)29(36)40-20(3)41-31(38)35-28(30(37)39-18-22-7-5-4-6-8-22)17-25(34)15-21-9-11-23(12-10-21)26-16-24(32)13-14-27(26)33/h4-14,16,19-20,25,28H,15,17-18,34H2,1-3H3,(H,35,38)/t20?,25-,28?/m1/s1. The topological polar surface area (TPSA) is 117 Å². The number of carbonyl (C=O) groups excluding carboxylic acids is 3. The quantitative estimate of drug-likeness (QED) is 0.204. The number of nitrogens with one attached hydrogen (secondary N) is 1. The van der Waals surface area contributed by atoms with Crippen LogP contribution >= 0.6 is 11.6 Å². The van der Waals surface area contributed by atoms with Crippen LogP contribution in [0.4, 0.5) is 9.18 Å². The minimum atomic E-state index is -1.16. The van der Waals surface area contributed by atoms with Crippen molar-refractivity contribution in [3.05, 3.63) is 94.8 Å². The van der Waals surface area contributed by atoms with Gasteiger partial charge in [0.2, 0.25) is 6.29 Å². The summed E-state index contributed by atoms with van der Waals surface area (Å²) < 4.78 is 29.8. The van der Waals surface area contributed by atoms with Crippen LogP contribution in [-0.2, 0) is 36.8 Å². The van der Waals surface area contributed by atoms with Crippen LogP contribution in [0.5, 0.6) is 0 Å². The number of carbonyl (C=O) groups is 3. The molecule has 3 rings (SSSR count). The summed E-state index contributed by atoms with van der Waals surface area (Å²) in [7, 11) is 0. The number of amides is 1. The Morgan fingerprint density at radius 2 is 1.59 bits per heavy atom. The number of alkyl carbamates (subject to hydrolysis) is 1. The molecule has 218 valence electrons. The predicted molar refractivity (Wildman–Crippen MR) is 153 cm³/mol. The molecule has 3 aromatic rings. The first-order valence-electron chi connectivity index (χ1n) is 13.2. The fourth-order valence-corrected chi connectivity index (χ4v) is 4.09. The molecule has 10 heteroatoms. The molecular formula is C31H34ClFN2O6. The number of hydrogen-bond donors (Lipinski definition) is 2. The summed E-state index contributed by atoms with van der Waals surface area (Å²) in [4.78, 5) is 37.3. The van der Waals surface area contributed by atoms with Gasteiger partial charge >= 0.3 is 18.0 Å². The lowest BCUT2D eigenvalue weighted by Crippen LogP contribution is -2.46. The van der Waals surface area contributed by atoms with Crippen LogP contribution < -0.4 is 11.1 Å². The van der Waals surface area contributed by atoms with Crippen LogP contribution in [0, 0.1) is 11.7 Å². The van der Waals surface area contributed by atoms with E-state index >= 15 is 0 Å². The summed E-state index contributed by atoms with van der Waals surface area (Å²) in [5, 5.41) is 2.91. The summed E-state index contributed by atoms with van der Waals surface area (Å²) in [5.74, 6) is -2.02. The van der Waals surface area contributed by atoms with Gasteiger partial charge in [-0.25, -0.2) is 14.0 Å². The molecule has 0 radical (unpaired) electrons. The van der Waals surface area contributed by atoms with E-state index in [1.54, 1.807) is 44.2 Å². The third-order valence-electron chi connectivity index (χ3n) is 6.06. The highest BCUT2D eigenvalue weighted by atomic mass is 35.5. The molecule has 3 aromatic carbocycles. The van der Waals surface area contributed by atoms with Crippen molar-refractivity contribution < 1.29 is 33.0 Å². The molecule has 0 fully saturated rings. The number of halogens is 2. The lowest BCUT2D eigenvalue weighted by atomic mass is 9.97. The monoisotopic (exact) mass is 584 g/mol. The van der Waals surface area contributed by atoms with E-state index in [1.807, 2.05) is 30.3 Å². The maximum absolute atomic E-state index is 14.2. The highest BCUT2D eigenvalue weighted by Crippen LogP contribution is 2.26. The second kappa shape index (κ2) is 15.2. The number of nitrogens with two attached hydrogens (primary N) is 1. The third-order valence-corrected chi connectivity index (χ3v) is 6.29. The maximum atomic E-state index is 14.2. The number of ether oxygens (including phenoxy) is 3. The van der Waals surface area contributed by atoms with Crippen molar-refractivity contribution in [2.24, 2.45) is 11.7 Å². The molecule has 2 unspecified atom stereocenters. The summed E-state index contributed by atoms with van der Waals surface area (Å²) in [6.07, 6.45) is -1.73. The van der Waals surface area contributed by atoms with Gasteiger partial charge in [-0.15, -0.1) is 0 Å². The number of hydrogen-bond acceptors (Lipinski definition) is 7. The normalized spacial score (nSPS) is 13.1. The van der Waals surface area contributed by atoms with Gasteiger partial charge in [0.25, 0.3) is 0 Å². The van der Waals surface area contributed by atoms with Crippen molar-refractivity contribution in [1.29, 1.82) is 0 Å². The first-order valence-corrected chi connectivity index (χ1v) is 13.6. The minimum absolute atomic E-state index is 0.00602. The van der Waals surface area contributed by atoms with Crippen LogP contribution in [0.3, 0.4) is 0 Å². The van der Waals surface area contributed by atoms with Crippen LogP contribution in [0.1, 0.15) is 38.3 Å². The van der Waals surface area contributed by atoms with Crippen LogP contribution in [-0.4, -0.2) is 36.4 Å². The van der Waals surface area contributed by atoms with Gasteiger partial charge < -0.3 is 25.3 Å². The van der Waals surface area contributed by atoms with Gasteiger partial charge in [-0.1, -0.05) is 80.0 Å². The Kier molecular flexibility index (Phi) is 11.7. The predicted octanol–water partition coefficient (Wildman–Crippen LogP) is 5.79. The molecule has 0 aliphatic carbocycles. The number of benzene rings is 3. The van der Waals surface area contributed by atoms with Gasteiger partial charge in [0, 0.05) is 23.6 Å². The van der Waals surface area contributed by atoms with E-state index in [9.17, 15) is 18.8 Å². The molecule has 0 aliphatic rings. The van der Waals surface area contributed by atoms with Crippen molar-refractivity contribution in [2.45, 2.75) is 58.6 Å². The molecule has 8 nitrogen and oxygen atoms in total. The average Bonchev–Trinajstić information content (AvgIpc) is 2.93. The van der Waals surface area contributed by atoms with E-state index in [4.69, 9.17) is 31.5 Å². The zero-order valence-corrected chi connectivity index (χ0v) is 23.9. The molecule has 1 amide bonds. The first kappa shape index (κ1) is 31.6. The first-order chi connectivity index (χ1) is 19.5. The Bertz CT molecular complexity index is 1320. The van der Waals surface area contributed by atoms with E-state index < -0.39 is 42.3 Å². The SMILES string of the molecule is CC(OC(=O)NC(C[C@H](N)Cc1ccc(-c2cc(Cl)ccc2F)cc1)C(=O)OCc1ccccc1)OC(=O)C(C)C. The number of esters is 2. The molecule has 3 N–H and O–H groups in total. The Balaban J connectivity index is 1.65. The van der Waals surface area contributed by atoms with Crippen molar-refractivity contribution in [3.63, 3.8) is 0 Å². The highest BCUT2D eigenvalue weighted by Gasteiger charge is 2.27. The molecule has 41 heavy (non-hydrogen) atoms. The highest BCUT2D eigenvalue weighted by molar-refractivity contribution is 6.30. The zero-order valence-electron chi connectivity index (χ0n) is 23.1. The second-order valence-electron chi connectivity index (χ2n) is 9.88. The molecule has 3 atom stereocenters. The van der Waals surface area contributed by atoms with Gasteiger partial charge in [0.1, 0.15) is 18.5 Å². The smallest absolute Gasteiger partial charge is 0.410 e. The second-order valence-corrected chi connectivity index (χ2v) is 10.3. The minimum Gasteiger partial charge on any atom is -0.459 e. The molecule has 0 heterocycles. The van der Waals surface area contributed by atoms with E-state index in [0.717, 1.165) is 11.1 Å². The molecule has 0 aliphatic heterocycles. The van der Waals surface area contributed by atoms with Gasteiger partial charge in [-0.05, 0) is 47.7 Å². The van der Waals surface area contributed by atoms with Gasteiger partial charge in [0.05, 0.1) is 5.92 Å². The van der Waals surface area contributed by atoms with Gasteiger partial charge in [-0.2, -0.15) is 0 Å². The van der Waals surface area contributed by atoms with Gasteiger partial charge in [-0.3, -0.25) is 4.79 Å². The van der Waals surface area contributed by atoms with Crippen molar-refractivity contribution >= 4 is 29.6 Å². The Morgan fingerprint density at radius 3 is 2.24 bits per heavy atom. The van der Waals surface area contributed by atoms with Crippen LogP contribution in [0.15, 0.2) is 72.8 Å².